The summed E-state index contributed by atoms with van der Waals surface area (Å²) < 4.78 is 6.92. The quantitative estimate of drug-likeness (QED) is 0.786. The van der Waals surface area contributed by atoms with Crippen molar-refractivity contribution >= 4 is 11.6 Å². The molecule has 0 aliphatic rings. The van der Waals surface area contributed by atoms with Crippen molar-refractivity contribution < 1.29 is 4.74 Å². The molecule has 1 atom stereocenters. The first-order chi connectivity index (χ1) is 8.11. The summed E-state index contributed by atoms with van der Waals surface area (Å²) in [4.78, 5) is 8.57. The third kappa shape index (κ3) is 2.45. The number of nitrogens with zero attached hydrogens (tertiary/aromatic N) is 4. The summed E-state index contributed by atoms with van der Waals surface area (Å²) in [5.74, 6) is 0.566. The maximum absolute atomic E-state index is 5.98. The number of hydrogen-bond donors (Lipinski definition) is 0. The number of aromatic nitrogens is 4. The molecule has 0 unspecified atom stereocenters. The molecule has 0 fully saturated rings. The molecule has 6 heteroatoms. The number of methoxy groups -OCH3 is 1. The van der Waals surface area contributed by atoms with E-state index in [1.807, 2.05) is 20.0 Å². The fourth-order valence-electron chi connectivity index (χ4n) is 1.48. The maximum Gasteiger partial charge on any atom is 0.159 e. The van der Waals surface area contributed by atoms with E-state index in [0.29, 0.717) is 11.0 Å². The molecule has 5 nitrogen and oxygen atoms in total. The highest BCUT2D eigenvalue weighted by atomic mass is 35.5. The van der Waals surface area contributed by atoms with Crippen LogP contribution in [-0.4, -0.2) is 26.9 Å². The van der Waals surface area contributed by atoms with E-state index in [4.69, 9.17) is 16.3 Å². The van der Waals surface area contributed by atoms with Gasteiger partial charge in [-0.15, -0.1) is 0 Å². The van der Waals surface area contributed by atoms with Crippen LogP contribution in [0.15, 0.2) is 18.3 Å². The Kier molecular flexibility index (Phi) is 3.40. The molecule has 90 valence electrons. The van der Waals surface area contributed by atoms with Crippen LogP contribution in [0.1, 0.15) is 18.9 Å². The van der Waals surface area contributed by atoms with E-state index in [2.05, 4.69) is 15.1 Å². The molecule has 2 heterocycles. The predicted molar refractivity (Wildman–Crippen MR) is 64.7 cm³/mol. The second-order valence-corrected chi connectivity index (χ2v) is 4.04. The van der Waals surface area contributed by atoms with E-state index in [1.165, 1.54) is 0 Å². The molecule has 2 aromatic rings. The monoisotopic (exact) mass is 252 g/mol. The number of ether oxygens (including phenoxy) is 1. The van der Waals surface area contributed by atoms with Crippen molar-refractivity contribution in [3.05, 3.63) is 29.3 Å². The first kappa shape index (κ1) is 12.0. The highest BCUT2D eigenvalue weighted by Crippen LogP contribution is 2.22. The Balaban J connectivity index is 2.49. The van der Waals surface area contributed by atoms with Crippen LogP contribution in [0.25, 0.3) is 11.4 Å². The van der Waals surface area contributed by atoms with Crippen molar-refractivity contribution in [3.63, 3.8) is 0 Å². The zero-order chi connectivity index (χ0) is 12.4. The van der Waals surface area contributed by atoms with E-state index in [-0.39, 0.29) is 6.10 Å². The summed E-state index contributed by atoms with van der Waals surface area (Å²) >= 11 is 5.98. The minimum absolute atomic E-state index is 0.194. The first-order valence-corrected chi connectivity index (χ1v) is 5.55. The van der Waals surface area contributed by atoms with Gasteiger partial charge in [0.2, 0.25) is 0 Å². The van der Waals surface area contributed by atoms with Gasteiger partial charge in [-0.25, -0.2) is 9.97 Å². The SMILES string of the molecule is CO[C@H](C)c1nc(Cl)cc(-c2ccnn2C)n1. The zero-order valence-electron chi connectivity index (χ0n) is 9.88. The molecule has 0 amide bonds. The summed E-state index contributed by atoms with van der Waals surface area (Å²) in [6.07, 6.45) is 1.52. The number of aryl methyl sites for hydroxylation is 1. The first-order valence-electron chi connectivity index (χ1n) is 5.17. The van der Waals surface area contributed by atoms with Crippen molar-refractivity contribution in [2.24, 2.45) is 7.05 Å². The van der Waals surface area contributed by atoms with E-state index in [1.54, 1.807) is 24.1 Å². The summed E-state index contributed by atoms with van der Waals surface area (Å²) in [6.45, 7) is 1.87. The zero-order valence-corrected chi connectivity index (χ0v) is 10.6. The van der Waals surface area contributed by atoms with Crippen LogP contribution in [0.3, 0.4) is 0 Å². The van der Waals surface area contributed by atoms with Crippen LogP contribution in [0.4, 0.5) is 0 Å². The lowest BCUT2D eigenvalue weighted by Crippen LogP contribution is -2.05. The van der Waals surface area contributed by atoms with Crippen molar-refractivity contribution in [1.82, 2.24) is 19.7 Å². The Morgan fingerprint density at radius 3 is 2.76 bits per heavy atom. The van der Waals surface area contributed by atoms with Gasteiger partial charge < -0.3 is 4.74 Å². The van der Waals surface area contributed by atoms with Gasteiger partial charge in [-0.1, -0.05) is 11.6 Å². The van der Waals surface area contributed by atoms with Gasteiger partial charge in [-0.2, -0.15) is 5.10 Å². The van der Waals surface area contributed by atoms with Gasteiger partial charge in [0.25, 0.3) is 0 Å². The minimum atomic E-state index is -0.194. The number of hydrogen-bond acceptors (Lipinski definition) is 4. The molecule has 0 saturated carbocycles. The van der Waals surface area contributed by atoms with Crippen LogP contribution >= 0.6 is 11.6 Å². The van der Waals surface area contributed by atoms with Crippen molar-refractivity contribution in [1.29, 1.82) is 0 Å². The third-order valence-electron chi connectivity index (χ3n) is 2.51. The highest BCUT2D eigenvalue weighted by molar-refractivity contribution is 6.29. The molecule has 2 rings (SSSR count). The lowest BCUT2D eigenvalue weighted by atomic mass is 10.3. The standard InChI is InChI=1S/C11H13ClN4O/c1-7(17-3)11-14-8(6-10(12)15-11)9-4-5-13-16(9)2/h4-7H,1-3H3/t7-/m1/s1. The molecule has 0 aliphatic carbocycles. The van der Waals surface area contributed by atoms with E-state index < -0.39 is 0 Å². The molecule has 17 heavy (non-hydrogen) atoms. The third-order valence-corrected chi connectivity index (χ3v) is 2.71. The van der Waals surface area contributed by atoms with Crippen molar-refractivity contribution in [3.8, 4) is 11.4 Å². The Morgan fingerprint density at radius 1 is 1.41 bits per heavy atom. The molecule has 0 N–H and O–H groups in total. The molecule has 2 aromatic heterocycles. The predicted octanol–water partition coefficient (Wildman–Crippen LogP) is 2.24. The van der Waals surface area contributed by atoms with Gasteiger partial charge in [-0.3, -0.25) is 4.68 Å². The average Bonchev–Trinajstić information content (AvgIpc) is 2.73. The maximum atomic E-state index is 5.98. The molecule has 0 saturated heterocycles. The Labute approximate surface area is 104 Å². The smallest absolute Gasteiger partial charge is 0.159 e. The van der Waals surface area contributed by atoms with Crippen LogP contribution in [0.5, 0.6) is 0 Å². The fraction of sp³-hybridized carbons (Fsp3) is 0.364. The molecule has 0 radical (unpaired) electrons. The van der Waals surface area contributed by atoms with Gasteiger partial charge >= 0.3 is 0 Å². The Hall–Kier alpha value is -1.46. The highest BCUT2D eigenvalue weighted by Gasteiger charge is 2.12. The number of rotatable bonds is 3. The molecular formula is C11H13ClN4O. The van der Waals surface area contributed by atoms with Gasteiger partial charge in [0, 0.05) is 26.4 Å². The van der Waals surface area contributed by atoms with Crippen LogP contribution in [0, 0.1) is 0 Å². The van der Waals surface area contributed by atoms with Crippen molar-refractivity contribution in [2.75, 3.05) is 7.11 Å². The molecule has 0 aliphatic heterocycles. The minimum Gasteiger partial charge on any atom is -0.374 e. The fourth-order valence-corrected chi connectivity index (χ4v) is 1.67. The topological polar surface area (TPSA) is 52.8 Å². The molecule has 0 aromatic carbocycles. The second-order valence-electron chi connectivity index (χ2n) is 3.65. The summed E-state index contributed by atoms with van der Waals surface area (Å²) in [5, 5.41) is 4.50. The lowest BCUT2D eigenvalue weighted by Gasteiger charge is -2.10. The van der Waals surface area contributed by atoms with E-state index >= 15 is 0 Å². The summed E-state index contributed by atoms with van der Waals surface area (Å²) in [7, 11) is 3.46. The summed E-state index contributed by atoms with van der Waals surface area (Å²) in [5.41, 5.74) is 1.63. The average molecular weight is 253 g/mol. The summed E-state index contributed by atoms with van der Waals surface area (Å²) in [6, 6.07) is 3.59. The van der Waals surface area contributed by atoms with Crippen LogP contribution in [0.2, 0.25) is 5.15 Å². The lowest BCUT2D eigenvalue weighted by molar-refractivity contribution is 0.112. The molecule has 0 spiro atoms. The Bertz CT molecular complexity index is 526. The van der Waals surface area contributed by atoms with Gasteiger partial charge in [0.05, 0.1) is 11.4 Å². The van der Waals surface area contributed by atoms with Gasteiger partial charge in [0.15, 0.2) is 5.82 Å². The molecular weight excluding hydrogens is 240 g/mol. The van der Waals surface area contributed by atoms with Crippen LogP contribution < -0.4 is 0 Å². The Morgan fingerprint density at radius 2 is 2.18 bits per heavy atom. The van der Waals surface area contributed by atoms with Crippen molar-refractivity contribution in [2.45, 2.75) is 13.0 Å². The molecule has 0 bridgehead atoms. The second kappa shape index (κ2) is 4.81. The largest absolute Gasteiger partial charge is 0.374 e. The van der Waals surface area contributed by atoms with E-state index in [9.17, 15) is 0 Å². The van der Waals surface area contributed by atoms with Gasteiger partial charge in [-0.05, 0) is 13.0 Å². The normalized spacial score (nSPS) is 12.7. The van der Waals surface area contributed by atoms with E-state index in [0.717, 1.165) is 11.4 Å². The van der Waals surface area contributed by atoms with Gasteiger partial charge in [0.1, 0.15) is 11.3 Å². The number of halogens is 1. The van der Waals surface area contributed by atoms with Crippen LogP contribution in [-0.2, 0) is 11.8 Å².